The minimum Gasteiger partial charge on any atom is -0.370 e. The van der Waals surface area contributed by atoms with E-state index in [-0.39, 0.29) is 35.1 Å². The highest BCUT2D eigenvalue weighted by Gasteiger charge is 2.65. The first-order valence-corrected chi connectivity index (χ1v) is 8.00. The van der Waals surface area contributed by atoms with E-state index in [1.54, 1.807) is 12.1 Å². The van der Waals surface area contributed by atoms with Crippen LogP contribution in [0.4, 0.5) is 4.39 Å². The van der Waals surface area contributed by atoms with Gasteiger partial charge in [0.2, 0.25) is 0 Å². The van der Waals surface area contributed by atoms with Crippen molar-refractivity contribution < 1.29 is 13.9 Å². The van der Waals surface area contributed by atoms with Crippen LogP contribution in [0.2, 0.25) is 0 Å². The van der Waals surface area contributed by atoms with Gasteiger partial charge in [0.05, 0.1) is 29.3 Å². The molecule has 2 aliphatic heterocycles. The summed E-state index contributed by atoms with van der Waals surface area (Å²) in [4.78, 5) is 0. The van der Waals surface area contributed by atoms with Gasteiger partial charge >= 0.3 is 0 Å². The van der Waals surface area contributed by atoms with Gasteiger partial charge in [0.15, 0.2) is 0 Å². The number of benzene rings is 1. The zero-order valence-corrected chi connectivity index (χ0v) is 13.5. The van der Waals surface area contributed by atoms with Gasteiger partial charge in [-0.25, -0.2) is 4.39 Å². The summed E-state index contributed by atoms with van der Waals surface area (Å²) in [6.45, 7) is 6.61. The van der Waals surface area contributed by atoms with Gasteiger partial charge in [-0.15, -0.1) is 11.6 Å². The second-order valence-electron chi connectivity index (χ2n) is 6.79. The largest absolute Gasteiger partial charge is 0.370 e. The fourth-order valence-electron chi connectivity index (χ4n) is 3.70. The van der Waals surface area contributed by atoms with Gasteiger partial charge in [-0.05, 0) is 25.3 Å². The molecule has 0 aromatic heterocycles. The lowest BCUT2D eigenvalue weighted by Gasteiger charge is -2.35. The second-order valence-corrected chi connectivity index (χ2v) is 7.32. The molecule has 4 atom stereocenters. The van der Waals surface area contributed by atoms with Crippen LogP contribution in [0.1, 0.15) is 39.2 Å². The Morgan fingerprint density at radius 2 is 2.10 bits per heavy atom. The molecular weight excluding hydrogens is 291 g/mol. The zero-order chi connectivity index (χ0) is 15.3. The number of alkyl halides is 1. The van der Waals surface area contributed by atoms with Crippen molar-refractivity contribution in [3.63, 3.8) is 0 Å². The van der Waals surface area contributed by atoms with Crippen molar-refractivity contribution in [3.05, 3.63) is 35.6 Å². The van der Waals surface area contributed by atoms with Gasteiger partial charge in [0.25, 0.3) is 0 Å². The van der Waals surface area contributed by atoms with Crippen LogP contribution in [0, 0.1) is 11.7 Å². The number of rotatable bonds is 4. The number of fused-ring (bicyclic) bond motifs is 2. The Labute approximate surface area is 130 Å². The van der Waals surface area contributed by atoms with E-state index >= 15 is 0 Å². The van der Waals surface area contributed by atoms with E-state index in [4.69, 9.17) is 21.1 Å². The second kappa shape index (κ2) is 5.22. The van der Waals surface area contributed by atoms with Crippen molar-refractivity contribution in [2.75, 3.05) is 0 Å². The smallest absolute Gasteiger partial charge is 0.128 e. The average molecular weight is 313 g/mol. The molecule has 0 amide bonds. The predicted octanol–water partition coefficient (Wildman–Crippen LogP) is 4.30. The molecular formula is C17H22ClFO2. The van der Waals surface area contributed by atoms with Gasteiger partial charge in [0, 0.05) is 12.0 Å². The Bertz CT molecular complexity index is 535. The van der Waals surface area contributed by atoms with Crippen molar-refractivity contribution in [2.45, 2.75) is 62.9 Å². The Kier molecular flexibility index (Phi) is 3.79. The number of halogens is 2. The molecule has 0 aliphatic carbocycles. The maximum absolute atomic E-state index is 13.7. The van der Waals surface area contributed by atoms with E-state index in [0.717, 1.165) is 12.8 Å². The quantitative estimate of drug-likeness (QED) is 0.772. The van der Waals surface area contributed by atoms with Gasteiger partial charge < -0.3 is 9.47 Å². The van der Waals surface area contributed by atoms with Crippen molar-refractivity contribution in [2.24, 2.45) is 5.92 Å². The lowest BCUT2D eigenvalue weighted by atomic mass is 9.75. The van der Waals surface area contributed by atoms with Crippen molar-refractivity contribution in [3.8, 4) is 0 Å². The topological polar surface area (TPSA) is 18.5 Å². The van der Waals surface area contributed by atoms with Gasteiger partial charge in [0.1, 0.15) is 5.82 Å². The molecule has 4 heteroatoms. The lowest BCUT2D eigenvalue weighted by molar-refractivity contribution is -0.0960. The number of hydrogen-bond acceptors (Lipinski definition) is 2. The molecule has 2 fully saturated rings. The average Bonchev–Trinajstić information content (AvgIpc) is 2.86. The van der Waals surface area contributed by atoms with Gasteiger partial charge in [-0.3, -0.25) is 0 Å². The third-order valence-corrected chi connectivity index (χ3v) is 5.62. The predicted molar refractivity (Wildman–Crippen MR) is 80.9 cm³/mol. The fourth-order valence-corrected chi connectivity index (χ4v) is 4.39. The number of ether oxygens (including phenoxy) is 2. The third kappa shape index (κ3) is 2.39. The van der Waals surface area contributed by atoms with Crippen LogP contribution in [0.15, 0.2) is 24.3 Å². The molecule has 0 spiro atoms. The molecule has 21 heavy (non-hydrogen) atoms. The molecule has 3 rings (SSSR count). The van der Waals surface area contributed by atoms with Crippen molar-refractivity contribution in [1.82, 2.24) is 0 Å². The molecule has 2 heterocycles. The summed E-state index contributed by atoms with van der Waals surface area (Å²) in [5.41, 5.74) is -0.0806. The summed E-state index contributed by atoms with van der Waals surface area (Å²) in [5, 5.41) is 0.0239. The fraction of sp³-hybridized carbons (Fsp3) is 0.647. The minimum atomic E-state index is -0.359. The van der Waals surface area contributed by atoms with Gasteiger partial charge in [-0.1, -0.05) is 32.0 Å². The molecule has 116 valence electrons. The number of hydrogen-bond donors (Lipinski definition) is 0. The molecule has 1 aromatic rings. The highest BCUT2D eigenvalue weighted by molar-refractivity contribution is 6.21. The van der Waals surface area contributed by atoms with Gasteiger partial charge in [-0.2, -0.15) is 0 Å². The summed E-state index contributed by atoms with van der Waals surface area (Å²) < 4.78 is 26.0. The molecule has 0 N–H and O–H groups in total. The summed E-state index contributed by atoms with van der Waals surface area (Å²) in [6.07, 6.45) is 1.54. The first-order chi connectivity index (χ1) is 9.87. The van der Waals surface area contributed by atoms with Crippen LogP contribution in [-0.2, 0) is 16.1 Å². The van der Waals surface area contributed by atoms with E-state index in [1.807, 2.05) is 6.07 Å². The molecule has 0 saturated carbocycles. The normalized spacial score (nSPS) is 38.4. The molecule has 2 bridgehead atoms. The molecule has 0 radical (unpaired) electrons. The lowest BCUT2D eigenvalue weighted by Crippen LogP contribution is -2.45. The van der Waals surface area contributed by atoms with E-state index in [9.17, 15) is 4.39 Å². The molecule has 1 aromatic carbocycles. The van der Waals surface area contributed by atoms with Crippen LogP contribution >= 0.6 is 11.6 Å². The van der Waals surface area contributed by atoms with Crippen LogP contribution in [-0.4, -0.2) is 22.7 Å². The highest BCUT2D eigenvalue weighted by Crippen LogP contribution is 2.57. The first-order valence-electron chi connectivity index (χ1n) is 7.57. The molecule has 2 nitrogen and oxygen atoms in total. The van der Waals surface area contributed by atoms with Crippen LogP contribution in [0.25, 0.3) is 0 Å². The van der Waals surface area contributed by atoms with E-state index in [0.29, 0.717) is 11.5 Å². The van der Waals surface area contributed by atoms with Crippen LogP contribution in [0.5, 0.6) is 0 Å². The Balaban J connectivity index is 1.73. The third-order valence-electron chi connectivity index (χ3n) is 5.10. The van der Waals surface area contributed by atoms with Crippen LogP contribution < -0.4 is 0 Å². The Morgan fingerprint density at radius 3 is 2.71 bits per heavy atom. The van der Waals surface area contributed by atoms with E-state index in [2.05, 4.69) is 20.8 Å². The highest BCUT2D eigenvalue weighted by atomic mass is 35.5. The summed E-state index contributed by atoms with van der Waals surface area (Å²) in [5.74, 6) is 0.115. The zero-order valence-electron chi connectivity index (χ0n) is 12.7. The molecule has 2 aliphatic rings. The summed E-state index contributed by atoms with van der Waals surface area (Å²) >= 11 is 6.52. The first kappa shape index (κ1) is 15.3. The Hall–Kier alpha value is -0.640. The maximum Gasteiger partial charge on any atom is 0.128 e. The summed E-state index contributed by atoms with van der Waals surface area (Å²) in [6, 6.07) is 6.73. The van der Waals surface area contributed by atoms with Crippen molar-refractivity contribution in [1.29, 1.82) is 0 Å². The standard InChI is InChI=1S/C17H22ClFO2/c1-11(2)17-9-15(16(3,21-17)8-14(17)18)20-10-12-6-4-5-7-13(12)19/h4-7,11,14-15H,8-10H2,1-3H3. The maximum atomic E-state index is 13.7. The van der Waals surface area contributed by atoms with Crippen molar-refractivity contribution >= 4 is 11.6 Å². The minimum absolute atomic E-state index is 0.0239. The summed E-state index contributed by atoms with van der Waals surface area (Å²) in [7, 11) is 0. The molecule has 2 saturated heterocycles. The monoisotopic (exact) mass is 312 g/mol. The van der Waals surface area contributed by atoms with Crippen LogP contribution in [0.3, 0.4) is 0 Å². The van der Waals surface area contributed by atoms with E-state index in [1.165, 1.54) is 6.07 Å². The van der Waals surface area contributed by atoms with E-state index < -0.39 is 0 Å². The SMILES string of the molecule is CC(C)C12CC(OCc3ccccc3F)C(C)(CC1Cl)O2. The Morgan fingerprint density at radius 1 is 1.38 bits per heavy atom. The molecule has 4 unspecified atom stereocenters.